The number of likely N-dealkylation sites (tertiary alicyclic amines) is 1. The molecule has 1 atom stereocenters. The third kappa shape index (κ3) is 2.08. The van der Waals surface area contributed by atoms with Gasteiger partial charge in [0.15, 0.2) is 5.78 Å². The molecule has 86 valence electrons. The number of Topliss-reactive ketones (excluding diaryl/α,β-unsaturated/α-hetero) is 1. The molecular formula is C12H21NO2. The van der Waals surface area contributed by atoms with E-state index in [0.29, 0.717) is 12.0 Å². The molecule has 2 heterocycles. The standard InChI is InChI=1S/C12H21NO2/c1-11(2)7-13(8-11)5-9-6-15-12(3,4)10(9)14/h9H,5-8H2,1-4H3. The Morgan fingerprint density at radius 1 is 1.33 bits per heavy atom. The number of nitrogens with zero attached hydrogens (tertiary/aromatic N) is 1. The lowest BCUT2D eigenvalue weighted by Gasteiger charge is -2.46. The van der Waals surface area contributed by atoms with Gasteiger partial charge in [-0.05, 0) is 19.3 Å². The van der Waals surface area contributed by atoms with Gasteiger partial charge in [0.1, 0.15) is 5.60 Å². The molecule has 3 heteroatoms. The summed E-state index contributed by atoms with van der Waals surface area (Å²) in [6.45, 7) is 12.0. The zero-order chi connectivity index (χ0) is 11.3. The Bertz CT molecular complexity index is 275. The molecule has 0 aliphatic carbocycles. The van der Waals surface area contributed by atoms with Gasteiger partial charge in [-0.1, -0.05) is 13.8 Å². The first-order valence-corrected chi connectivity index (χ1v) is 5.71. The summed E-state index contributed by atoms with van der Waals surface area (Å²) in [6, 6.07) is 0. The number of ether oxygens (including phenoxy) is 1. The van der Waals surface area contributed by atoms with Crippen molar-refractivity contribution in [3.05, 3.63) is 0 Å². The van der Waals surface area contributed by atoms with Gasteiger partial charge >= 0.3 is 0 Å². The Morgan fingerprint density at radius 3 is 2.33 bits per heavy atom. The monoisotopic (exact) mass is 211 g/mol. The quantitative estimate of drug-likeness (QED) is 0.690. The molecule has 0 bridgehead atoms. The van der Waals surface area contributed by atoms with Crippen molar-refractivity contribution in [1.29, 1.82) is 0 Å². The maximum atomic E-state index is 11.9. The molecule has 2 aliphatic heterocycles. The van der Waals surface area contributed by atoms with Gasteiger partial charge in [0.2, 0.25) is 0 Å². The van der Waals surface area contributed by atoms with Crippen LogP contribution in [-0.4, -0.2) is 42.5 Å². The van der Waals surface area contributed by atoms with Crippen LogP contribution in [-0.2, 0) is 9.53 Å². The van der Waals surface area contributed by atoms with Crippen molar-refractivity contribution in [2.75, 3.05) is 26.2 Å². The first-order valence-electron chi connectivity index (χ1n) is 5.71. The smallest absolute Gasteiger partial charge is 0.170 e. The molecule has 0 spiro atoms. The zero-order valence-electron chi connectivity index (χ0n) is 10.2. The Labute approximate surface area is 91.8 Å². The first-order chi connectivity index (χ1) is 6.80. The Balaban J connectivity index is 1.85. The van der Waals surface area contributed by atoms with Crippen LogP contribution in [0.5, 0.6) is 0 Å². The molecule has 0 aromatic heterocycles. The molecule has 1 unspecified atom stereocenters. The normalized spacial score (nSPS) is 34.1. The third-order valence-electron chi connectivity index (χ3n) is 3.39. The molecule has 0 aromatic rings. The van der Waals surface area contributed by atoms with Crippen LogP contribution in [0.3, 0.4) is 0 Å². The molecule has 3 nitrogen and oxygen atoms in total. The number of hydrogen-bond acceptors (Lipinski definition) is 3. The Morgan fingerprint density at radius 2 is 1.93 bits per heavy atom. The van der Waals surface area contributed by atoms with Crippen LogP contribution in [0.1, 0.15) is 27.7 Å². The van der Waals surface area contributed by atoms with Crippen LogP contribution < -0.4 is 0 Å². The summed E-state index contributed by atoms with van der Waals surface area (Å²) in [5, 5.41) is 0. The number of carbonyl (C=O) groups excluding carboxylic acids is 1. The van der Waals surface area contributed by atoms with Crippen LogP contribution in [0.4, 0.5) is 0 Å². The van der Waals surface area contributed by atoms with Crippen molar-refractivity contribution >= 4 is 5.78 Å². The van der Waals surface area contributed by atoms with Crippen LogP contribution in [0.15, 0.2) is 0 Å². The van der Waals surface area contributed by atoms with Crippen molar-refractivity contribution in [2.45, 2.75) is 33.3 Å². The lowest BCUT2D eigenvalue weighted by Crippen LogP contribution is -2.55. The third-order valence-corrected chi connectivity index (χ3v) is 3.39. The minimum Gasteiger partial charge on any atom is -0.367 e. The van der Waals surface area contributed by atoms with Gasteiger partial charge in [0.05, 0.1) is 12.5 Å². The zero-order valence-corrected chi connectivity index (χ0v) is 10.2. The van der Waals surface area contributed by atoms with Crippen molar-refractivity contribution in [1.82, 2.24) is 4.90 Å². The van der Waals surface area contributed by atoms with Gasteiger partial charge in [0, 0.05) is 19.6 Å². The van der Waals surface area contributed by atoms with E-state index in [1.54, 1.807) is 0 Å². The topological polar surface area (TPSA) is 29.5 Å². The molecule has 2 rings (SSSR count). The molecule has 0 amide bonds. The van der Waals surface area contributed by atoms with Gasteiger partial charge in [-0.2, -0.15) is 0 Å². The molecule has 0 N–H and O–H groups in total. The molecule has 2 saturated heterocycles. The predicted molar refractivity (Wildman–Crippen MR) is 58.7 cm³/mol. The summed E-state index contributed by atoms with van der Waals surface area (Å²) in [6.07, 6.45) is 0. The first kappa shape index (κ1) is 11.1. The number of rotatable bonds is 2. The molecule has 0 aromatic carbocycles. The summed E-state index contributed by atoms with van der Waals surface area (Å²) in [5.41, 5.74) is -0.108. The van der Waals surface area contributed by atoms with E-state index >= 15 is 0 Å². The summed E-state index contributed by atoms with van der Waals surface area (Å²) < 4.78 is 5.51. The minimum atomic E-state index is -0.551. The van der Waals surface area contributed by atoms with Crippen LogP contribution in [0.25, 0.3) is 0 Å². The second-order valence-electron chi connectivity index (χ2n) is 6.22. The maximum absolute atomic E-state index is 11.9. The minimum absolute atomic E-state index is 0.0936. The molecule has 15 heavy (non-hydrogen) atoms. The van der Waals surface area contributed by atoms with E-state index in [1.165, 1.54) is 0 Å². The fraction of sp³-hybridized carbons (Fsp3) is 0.917. The van der Waals surface area contributed by atoms with E-state index in [0.717, 1.165) is 19.6 Å². The summed E-state index contributed by atoms with van der Waals surface area (Å²) in [4.78, 5) is 14.3. The highest BCUT2D eigenvalue weighted by molar-refractivity contribution is 5.90. The predicted octanol–water partition coefficient (Wildman–Crippen LogP) is 1.32. The molecule has 0 radical (unpaired) electrons. The number of hydrogen-bond donors (Lipinski definition) is 0. The second kappa shape index (κ2) is 3.29. The lowest BCUT2D eigenvalue weighted by atomic mass is 9.83. The van der Waals surface area contributed by atoms with Crippen LogP contribution in [0, 0.1) is 11.3 Å². The second-order valence-corrected chi connectivity index (χ2v) is 6.22. The van der Waals surface area contributed by atoms with E-state index < -0.39 is 5.60 Å². The van der Waals surface area contributed by atoms with Gasteiger partial charge in [-0.15, -0.1) is 0 Å². The van der Waals surface area contributed by atoms with Gasteiger partial charge in [-0.25, -0.2) is 0 Å². The van der Waals surface area contributed by atoms with Crippen LogP contribution in [0.2, 0.25) is 0 Å². The average Bonchev–Trinajstić information content (AvgIpc) is 2.29. The van der Waals surface area contributed by atoms with Crippen molar-refractivity contribution in [3.8, 4) is 0 Å². The molecule has 2 fully saturated rings. The largest absolute Gasteiger partial charge is 0.367 e. The fourth-order valence-electron chi connectivity index (χ4n) is 2.69. The van der Waals surface area contributed by atoms with Gasteiger partial charge in [0.25, 0.3) is 0 Å². The van der Waals surface area contributed by atoms with Crippen molar-refractivity contribution < 1.29 is 9.53 Å². The van der Waals surface area contributed by atoms with Gasteiger partial charge in [-0.3, -0.25) is 4.79 Å². The van der Waals surface area contributed by atoms with E-state index in [9.17, 15) is 4.79 Å². The highest BCUT2D eigenvalue weighted by Crippen LogP contribution is 2.32. The van der Waals surface area contributed by atoms with E-state index in [-0.39, 0.29) is 11.7 Å². The number of carbonyl (C=O) groups is 1. The molecular weight excluding hydrogens is 190 g/mol. The lowest BCUT2D eigenvalue weighted by molar-refractivity contribution is -0.130. The average molecular weight is 211 g/mol. The highest BCUT2D eigenvalue weighted by atomic mass is 16.5. The summed E-state index contributed by atoms with van der Waals surface area (Å²) >= 11 is 0. The van der Waals surface area contributed by atoms with Crippen LogP contribution >= 0.6 is 0 Å². The van der Waals surface area contributed by atoms with Crippen molar-refractivity contribution in [3.63, 3.8) is 0 Å². The van der Waals surface area contributed by atoms with Gasteiger partial charge < -0.3 is 9.64 Å². The van der Waals surface area contributed by atoms with E-state index in [1.807, 2.05) is 13.8 Å². The van der Waals surface area contributed by atoms with E-state index in [2.05, 4.69) is 18.7 Å². The SMILES string of the molecule is CC1(C)CN(CC2COC(C)(C)C2=O)C1. The van der Waals surface area contributed by atoms with Crippen molar-refractivity contribution in [2.24, 2.45) is 11.3 Å². The molecule has 2 aliphatic rings. The Kier molecular flexibility index (Phi) is 2.43. The summed E-state index contributed by atoms with van der Waals surface area (Å²) in [7, 11) is 0. The number of ketones is 1. The highest BCUT2D eigenvalue weighted by Gasteiger charge is 2.44. The fourth-order valence-corrected chi connectivity index (χ4v) is 2.69. The summed E-state index contributed by atoms with van der Waals surface area (Å²) in [5.74, 6) is 0.364. The maximum Gasteiger partial charge on any atom is 0.170 e. The van der Waals surface area contributed by atoms with E-state index in [4.69, 9.17) is 4.74 Å². The Hall–Kier alpha value is -0.410. The molecule has 0 saturated carbocycles.